The number of carbonyl (C=O) groups is 1. The minimum absolute atomic E-state index is 0.0708. The summed E-state index contributed by atoms with van der Waals surface area (Å²) in [5.74, 6) is -0.205. The van der Waals surface area contributed by atoms with Crippen molar-refractivity contribution in [1.29, 1.82) is 0 Å². The number of sulfonamides is 1. The molecule has 0 unspecified atom stereocenters. The lowest BCUT2D eigenvalue weighted by Gasteiger charge is -2.16. The number of rotatable bonds is 7. The smallest absolute Gasteiger partial charge is 0.240 e. The summed E-state index contributed by atoms with van der Waals surface area (Å²) in [7, 11) is -3.59. The summed E-state index contributed by atoms with van der Waals surface area (Å²) in [5, 5.41) is 5.60. The van der Waals surface area contributed by atoms with Crippen molar-refractivity contribution < 1.29 is 13.2 Å². The van der Waals surface area contributed by atoms with E-state index in [2.05, 4.69) is 15.0 Å². The molecule has 1 aliphatic rings. The minimum atomic E-state index is -3.59. The van der Waals surface area contributed by atoms with Crippen LogP contribution in [0.5, 0.6) is 0 Å². The van der Waals surface area contributed by atoms with E-state index in [1.165, 1.54) is 16.9 Å². The Balaban J connectivity index is 1.49. The van der Waals surface area contributed by atoms with Crippen molar-refractivity contribution in [3.8, 4) is 0 Å². The number of fused-ring (bicyclic) bond motifs is 1. The Morgan fingerprint density at radius 2 is 2.00 bits per heavy atom. The second-order valence-corrected chi connectivity index (χ2v) is 9.25. The Bertz CT molecular complexity index is 891. The monoisotopic (exact) mass is 393 g/mol. The Morgan fingerprint density at radius 1 is 1.23 bits per heavy atom. The van der Waals surface area contributed by atoms with Gasteiger partial charge in [-0.15, -0.1) is 11.3 Å². The van der Waals surface area contributed by atoms with E-state index in [1.54, 1.807) is 12.1 Å². The molecule has 140 valence electrons. The SMILES string of the molecule is Cc1nc(CNC(=O)CCNS(=O)(=O)c2ccc3c(c2)CCCC3)cs1. The molecule has 2 aromatic rings. The Hall–Kier alpha value is -1.77. The summed E-state index contributed by atoms with van der Waals surface area (Å²) in [6.07, 6.45) is 4.29. The maximum absolute atomic E-state index is 12.4. The van der Waals surface area contributed by atoms with Crippen LogP contribution in [0.25, 0.3) is 0 Å². The fraction of sp³-hybridized carbons (Fsp3) is 0.444. The van der Waals surface area contributed by atoms with Crippen molar-refractivity contribution in [3.63, 3.8) is 0 Å². The highest BCUT2D eigenvalue weighted by Crippen LogP contribution is 2.24. The Kier molecular flexibility index (Phi) is 6.05. The molecule has 0 aliphatic heterocycles. The molecule has 1 aromatic heterocycles. The summed E-state index contributed by atoms with van der Waals surface area (Å²) in [6, 6.07) is 5.32. The zero-order valence-corrected chi connectivity index (χ0v) is 16.4. The topological polar surface area (TPSA) is 88.2 Å². The Labute approximate surface area is 158 Å². The lowest BCUT2D eigenvalue weighted by atomic mass is 9.92. The standard InChI is InChI=1S/C18H23N3O3S2/c1-13-21-16(12-25-13)11-19-18(22)8-9-20-26(23,24)17-7-6-14-4-2-3-5-15(14)10-17/h6-7,10,12,20H,2-5,8-9,11H2,1H3,(H,19,22). The molecule has 2 N–H and O–H groups in total. The van der Waals surface area contributed by atoms with Crippen molar-refractivity contribution in [2.75, 3.05) is 6.54 Å². The van der Waals surface area contributed by atoms with Crippen molar-refractivity contribution in [2.45, 2.75) is 50.5 Å². The molecule has 26 heavy (non-hydrogen) atoms. The number of nitrogens with zero attached hydrogens (tertiary/aromatic N) is 1. The maximum Gasteiger partial charge on any atom is 0.240 e. The van der Waals surface area contributed by atoms with Crippen molar-refractivity contribution >= 4 is 27.3 Å². The van der Waals surface area contributed by atoms with Crippen LogP contribution < -0.4 is 10.0 Å². The third-order valence-electron chi connectivity index (χ3n) is 4.41. The summed E-state index contributed by atoms with van der Waals surface area (Å²) in [6.45, 7) is 2.34. The van der Waals surface area contributed by atoms with E-state index in [-0.39, 0.29) is 23.8 Å². The second-order valence-electron chi connectivity index (χ2n) is 6.42. The van der Waals surface area contributed by atoms with Crippen LogP contribution in [-0.2, 0) is 34.2 Å². The van der Waals surface area contributed by atoms with Gasteiger partial charge in [-0.3, -0.25) is 4.79 Å². The number of amides is 1. The van der Waals surface area contributed by atoms with E-state index in [0.717, 1.165) is 41.9 Å². The fourth-order valence-corrected chi connectivity index (χ4v) is 4.72. The fourth-order valence-electron chi connectivity index (χ4n) is 3.03. The van der Waals surface area contributed by atoms with Crippen LogP contribution in [0.3, 0.4) is 0 Å². The molecular formula is C18H23N3O3S2. The quantitative estimate of drug-likeness (QED) is 0.756. The second kappa shape index (κ2) is 8.28. The molecule has 0 atom stereocenters. The van der Waals surface area contributed by atoms with Gasteiger partial charge in [0.15, 0.2) is 0 Å². The van der Waals surface area contributed by atoms with Gasteiger partial charge in [0.05, 0.1) is 22.1 Å². The third kappa shape index (κ3) is 4.90. The number of benzene rings is 1. The minimum Gasteiger partial charge on any atom is -0.350 e. The molecular weight excluding hydrogens is 370 g/mol. The lowest BCUT2D eigenvalue weighted by Crippen LogP contribution is -2.30. The molecule has 1 aliphatic carbocycles. The summed E-state index contributed by atoms with van der Waals surface area (Å²) >= 11 is 1.53. The highest BCUT2D eigenvalue weighted by molar-refractivity contribution is 7.89. The zero-order valence-electron chi connectivity index (χ0n) is 14.7. The van der Waals surface area contributed by atoms with Crippen molar-refractivity contribution in [3.05, 3.63) is 45.4 Å². The van der Waals surface area contributed by atoms with Crippen LogP contribution in [0.4, 0.5) is 0 Å². The predicted molar refractivity (Wildman–Crippen MR) is 102 cm³/mol. The van der Waals surface area contributed by atoms with E-state index in [4.69, 9.17) is 0 Å². The van der Waals surface area contributed by atoms with Crippen LogP contribution in [-0.4, -0.2) is 25.9 Å². The highest BCUT2D eigenvalue weighted by Gasteiger charge is 2.17. The van der Waals surface area contributed by atoms with E-state index in [1.807, 2.05) is 18.4 Å². The van der Waals surface area contributed by atoms with Gasteiger partial charge < -0.3 is 5.32 Å². The average molecular weight is 394 g/mol. The highest BCUT2D eigenvalue weighted by atomic mass is 32.2. The lowest BCUT2D eigenvalue weighted by molar-refractivity contribution is -0.121. The number of carbonyl (C=O) groups excluding carboxylic acids is 1. The maximum atomic E-state index is 12.4. The normalized spacial score (nSPS) is 14.0. The third-order valence-corrected chi connectivity index (χ3v) is 6.69. The van der Waals surface area contributed by atoms with Gasteiger partial charge in [0.1, 0.15) is 0 Å². The summed E-state index contributed by atoms with van der Waals surface area (Å²) in [5.41, 5.74) is 3.18. The van der Waals surface area contributed by atoms with Gasteiger partial charge >= 0.3 is 0 Å². The van der Waals surface area contributed by atoms with E-state index in [9.17, 15) is 13.2 Å². The molecule has 0 radical (unpaired) electrons. The van der Waals surface area contributed by atoms with E-state index in [0.29, 0.717) is 6.54 Å². The summed E-state index contributed by atoms with van der Waals surface area (Å²) < 4.78 is 27.4. The first-order valence-corrected chi connectivity index (χ1v) is 11.1. The van der Waals surface area contributed by atoms with Gasteiger partial charge in [0.2, 0.25) is 15.9 Å². The first-order chi connectivity index (χ1) is 12.4. The Morgan fingerprint density at radius 3 is 2.73 bits per heavy atom. The molecule has 8 heteroatoms. The molecule has 1 amide bonds. The van der Waals surface area contributed by atoms with Crippen molar-refractivity contribution in [2.24, 2.45) is 0 Å². The first kappa shape index (κ1) is 19.0. The van der Waals surface area contributed by atoms with Gasteiger partial charge in [-0.2, -0.15) is 0 Å². The molecule has 0 saturated carbocycles. The van der Waals surface area contributed by atoms with E-state index >= 15 is 0 Å². The average Bonchev–Trinajstić information content (AvgIpc) is 3.05. The molecule has 3 rings (SSSR count). The molecule has 1 aromatic carbocycles. The summed E-state index contributed by atoms with van der Waals surface area (Å²) in [4.78, 5) is 16.4. The van der Waals surface area contributed by atoms with Crippen LogP contribution in [0, 0.1) is 6.92 Å². The number of aryl methyl sites for hydroxylation is 3. The zero-order chi connectivity index (χ0) is 18.6. The van der Waals surface area contributed by atoms with Gasteiger partial charge in [0, 0.05) is 18.3 Å². The van der Waals surface area contributed by atoms with Crippen molar-refractivity contribution in [1.82, 2.24) is 15.0 Å². The molecule has 6 nitrogen and oxygen atoms in total. The predicted octanol–water partition coefficient (Wildman–Crippen LogP) is 2.32. The molecule has 0 bridgehead atoms. The number of thiazole rings is 1. The molecule has 0 spiro atoms. The molecule has 0 saturated heterocycles. The van der Waals surface area contributed by atoms with Gasteiger partial charge in [-0.25, -0.2) is 18.1 Å². The van der Waals surface area contributed by atoms with Crippen LogP contribution in [0.2, 0.25) is 0 Å². The van der Waals surface area contributed by atoms with Gasteiger partial charge in [-0.05, 0) is 55.9 Å². The van der Waals surface area contributed by atoms with Gasteiger partial charge in [-0.1, -0.05) is 6.07 Å². The van der Waals surface area contributed by atoms with Crippen LogP contribution in [0.1, 0.15) is 41.1 Å². The number of hydrogen-bond donors (Lipinski definition) is 2. The van der Waals surface area contributed by atoms with E-state index < -0.39 is 10.0 Å². The number of nitrogens with one attached hydrogen (secondary N) is 2. The number of aromatic nitrogens is 1. The first-order valence-electron chi connectivity index (χ1n) is 8.73. The molecule has 1 heterocycles. The largest absolute Gasteiger partial charge is 0.350 e. The molecule has 0 fully saturated rings. The van der Waals surface area contributed by atoms with Gasteiger partial charge in [0.25, 0.3) is 0 Å². The van der Waals surface area contributed by atoms with Crippen LogP contribution >= 0.6 is 11.3 Å². The number of hydrogen-bond acceptors (Lipinski definition) is 5. The van der Waals surface area contributed by atoms with Crippen LogP contribution in [0.15, 0.2) is 28.5 Å².